The van der Waals surface area contributed by atoms with Crippen molar-refractivity contribution >= 4 is 11.9 Å². The molecule has 0 saturated heterocycles. The van der Waals surface area contributed by atoms with Gasteiger partial charge in [0.05, 0.1) is 17.5 Å². The summed E-state index contributed by atoms with van der Waals surface area (Å²) in [6, 6.07) is 1.87. The maximum atomic E-state index is 12.7. The Kier molecular flexibility index (Phi) is 5.06. The normalized spacial score (nSPS) is 15.4. The highest BCUT2D eigenvalue weighted by Gasteiger charge is 2.35. The van der Waals surface area contributed by atoms with E-state index in [-0.39, 0.29) is 17.9 Å². The standard InChI is InChI=1S/C18H29N3O3/c1-6-18(7-2,11-15(22)23)19-16(24)13-10-14(12-8-9-12)21(20-13)17(3,4)5/h10,12H,6-9,11H2,1-5H3,(H,19,24)(H,22,23). The third-order valence-corrected chi connectivity index (χ3v) is 4.82. The number of amides is 1. The second kappa shape index (κ2) is 6.57. The van der Waals surface area contributed by atoms with Crippen LogP contribution in [-0.4, -0.2) is 32.3 Å². The average molecular weight is 335 g/mol. The van der Waals surface area contributed by atoms with Crippen LogP contribution in [0.4, 0.5) is 0 Å². The fraction of sp³-hybridized carbons (Fsp3) is 0.722. The highest BCUT2D eigenvalue weighted by atomic mass is 16.4. The van der Waals surface area contributed by atoms with E-state index in [1.165, 1.54) is 0 Å². The summed E-state index contributed by atoms with van der Waals surface area (Å²) >= 11 is 0. The summed E-state index contributed by atoms with van der Waals surface area (Å²) in [6.07, 6.45) is 3.32. The van der Waals surface area contributed by atoms with Gasteiger partial charge >= 0.3 is 5.97 Å². The molecule has 24 heavy (non-hydrogen) atoms. The molecule has 1 aliphatic carbocycles. The van der Waals surface area contributed by atoms with Gasteiger partial charge in [-0.1, -0.05) is 13.8 Å². The Morgan fingerprint density at radius 1 is 1.29 bits per heavy atom. The maximum Gasteiger partial charge on any atom is 0.305 e. The molecule has 6 nitrogen and oxygen atoms in total. The van der Waals surface area contributed by atoms with E-state index < -0.39 is 11.5 Å². The molecule has 1 amide bonds. The van der Waals surface area contributed by atoms with Crippen molar-refractivity contribution in [2.45, 2.75) is 83.7 Å². The molecule has 0 spiro atoms. The molecule has 134 valence electrons. The lowest BCUT2D eigenvalue weighted by Gasteiger charge is -2.31. The summed E-state index contributed by atoms with van der Waals surface area (Å²) in [6.45, 7) is 10.0. The van der Waals surface area contributed by atoms with Crippen LogP contribution in [0.5, 0.6) is 0 Å². The second-order valence-electron chi connectivity index (χ2n) is 7.82. The molecule has 0 unspecified atom stereocenters. The minimum absolute atomic E-state index is 0.0821. The van der Waals surface area contributed by atoms with Gasteiger partial charge in [0.1, 0.15) is 5.69 Å². The van der Waals surface area contributed by atoms with Crippen LogP contribution in [0.3, 0.4) is 0 Å². The zero-order valence-corrected chi connectivity index (χ0v) is 15.3. The summed E-state index contributed by atoms with van der Waals surface area (Å²) < 4.78 is 1.94. The Labute approximate surface area is 143 Å². The number of carboxylic acid groups (broad SMARTS) is 1. The Bertz CT molecular complexity index is 620. The van der Waals surface area contributed by atoms with Crippen LogP contribution >= 0.6 is 0 Å². The van der Waals surface area contributed by atoms with Crippen LogP contribution in [0.2, 0.25) is 0 Å². The van der Waals surface area contributed by atoms with Crippen molar-refractivity contribution in [3.8, 4) is 0 Å². The monoisotopic (exact) mass is 335 g/mol. The van der Waals surface area contributed by atoms with Crippen LogP contribution in [0.1, 0.15) is 88.8 Å². The van der Waals surface area contributed by atoms with Gasteiger partial charge in [-0.3, -0.25) is 14.3 Å². The minimum Gasteiger partial charge on any atom is -0.481 e. The van der Waals surface area contributed by atoms with Crippen molar-refractivity contribution in [1.82, 2.24) is 15.1 Å². The first kappa shape index (κ1) is 18.5. The Morgan fingerprint density at radius 3 is 2.29 bits per heavy atom. The van der Waals surface area contributed by atoms with E-state index in [9.17, 15) is 9.59 Å². The van der Waals surface area contributed by atoms with Crippen molar-refractivity contribution < 1.29 is 14.7 Å². The minimum atomic E-state index is -0.905. The van der Waals surface area contributed by atoms with E-state index in [1.54, 1.807) is 0 Å². The molecular weight excluding hydrogens is 306 g/mol. The number of nitrogens with zero attached hydrogens (tertiary/aromatic N) is 2. The molecule has 0 atom stereocenters. The van der Waals surface area contributed by atoms with Crippen molar-refractivity contribution in [2.24, 2.45) is 0 Å². The van der Waals surface area contributed by atoms with E-state index in [1.807, 2.05) is 24.6 Å². The van der Waals surface area contributed by atoms with Gasteiger partial charge < -0.3 is 10.4 Å². The van der Waals surface area contributed by atoms with Crippen LogP contribution in [0.25, 0.3) is 0 Å². The first-order valence-corrected chi connectivity index (χ1v) is 8.76. The maximum absolute atomic E-state index is 12.7. The highest BCUT2D eigenvalue weighted by Crippen LogP contribution is 2.41. The number of carbonyl (C=O) groups excluding carboxylic acids is 1. The van der Waals surface area contributed by atoms with Gasteiger partial charge in [-0.2, -0.15) is 5.10 Å². The van der Waals surface area contributed by atoms with Crippen molar-refractivity contribution in [3.05, 3.63) is 17.5 Å². The summed E-state index contributed by atoms with van der Waals surface area (Å²) in [5.74, 6) is -0.706. The van der Waals surface area contributed by atoms with Gasteiger partial charge in [0.2, 0.25) is 0 Å². The first-order valence-electron chi connectivity index (χ1n) is 8.76. The van der Waals surface area contributed by atoms with E-state index in [0.29, 0.717) is 24.5 Å². The predicted molar refractivity (Wildman–Crippen MR) is 92.2 cm³/mol. The summed E-state index contributed by atoms with van der Waals surface area (Å²) in [5, 5.41) is 16.6. The highest BCUT2D eigenvalue weighted by molar-refractivity contribution is 5.93. The first-order chi connectivity index (χ1) is 11.1. The number of carbonyl (C=O) groups is 2. The third kappa shape index (κ3) is 3.97. The molecule has 0 aliphatic heterocycles. The number of rotatable bonds is 7. The Hall–Kier alpha value is -1.85. The largest absolute Gasteiger partial charge is 0.481 e. The van der Waals surface area contributed by atoms with E-state index in [0.717, 1.165) is 18.5 Å². The van der Waals surface area contributed by atoms with Crippen molar-refractivity contribution in [1.29, 1.82) is 0 Å². The van der Waals surface area contributed by atoms with Gasteiger partial charge in [-0.05, 0) is 52.5 Å². The average Bonchev–Trinajstić information content (AvgIpc) is 3.22. The quantitative estimate of drug-likeness (QED) is 0.801. The number of hydrogen-bond donors (Lipinski definition) is 2. The Morgan fingerprint density at radius 2 is 1.88 bits per heavy atom. The van der Waals surface area contributed by atoms with Crippen molar-refractivity contribution in [3.63, 3.8) is 0 Å². The number of carboxylic acids is 1. The lowest BCUT2D eigenvalue weighted by molar-refractivity contribution is -0.138. The predicted octanol–water partition coefficient (Wildman–Crippen LogP) is 3.28. The van der Waals surface area contributed by atoms with Crippen LogP contribution < -0.4 is 5.32 Å². The smallest absolute Gasteiger partial charge is 0.305 e. The van der Waals surface area contributed by atoms with Gasteiger partial charge in [-0.25, -0.2) is 0 Å². The summed E-state index contributed by atoms with van der Waals surface area (Å²) in [5.41, 5.74) is 0.561. The molecule has 1 heterocycles. The molecule has 1 aliphatic rings. The lowest BCUT2D eigenvalue weighted by atomic mass is 9.89. The number of hydrogen-bond acceptors (Lipinski definition) is 3. The molecule has 0 bridgehead atoms. The molecule has 6 heteroatoms. The molecule has 2 rings (SSSR count). The summed E-state index contributed by atoms with van der Waals surface area (Å²) in [4.78, 5) is 23.9. The molecular formula is C18H29N3O3. The van der Waals surface area contributed by atoms with Crippen LogP contribution in [0.15, 0.2) is 6.07 Å². The van der Waals surface area contributed by atoms with E-state index in [2.05, 4.69) is 31.2 Å². The zero-order valence-electron chi connectivity index (χ0n) is 15.3. The Balaban J connectivity index is 2.27. The van der Waals surface area contributed by atoms with E-state index >= 15 is 0 Å². The molecule has 0 aromatic carbocycles. The number of aliphatic carboxylic acids is 1. The third-order valence-electron chi connectivity index (χ3n) is 4.82. The topological polar surface area (TPSA) is 84.2 Å². The number of aromatic nitrogens is 2. The van der Waals surface area contributed by atoms with Gasteiger partial charge in [0.25, 0.3) is 5.91 Å². The van der Waals surface area contributed by atoms with Gasteiger partial charge in [0, 0.05) is 11.6 Å². The zero-order chi connectivity index (χ0) is 18.1. The van der Waals surface area contributed by atoms with Crippen LogP contribution in [0, 0.1) is 0 Å². The molecule has 0 radical (unpaired) electrons. The van der Waals surface area contributed by atoms with Gasteiger partial charge in [0.15, 0.2) is 0 Å². The molecule has 1 aromatic rings. The summed E-state index contributed by atoms with van der Waals surface area (Å²) in [7, 11) is 0. The lowest BCUT2D eigenvalue weighted by Crippen LogP contribution is -2.49. The molecule has 2 N–H and O–H groups in total. The molecule has 1 saturated carbocycles. The SMILES string of the molecule is CCC(CC)(CC(=O)O)NC(=O)c1cc(C2CC2)n(C(C)(C)C)n1. The molecule has 1 aromatic heterocycles. The molecule has 1 fully saturated rings. The fourth-order valence-electron chi connectivity index (χ4n) is 3.03. The van der Waals surface area contributed by atoms with E-state index in [4.69, 9.17) is 5.11 Å². The van der Waals surface area contributed by atoms with Gasteiger partial charge in [-0.15, -0.1) is 0 Å². The second-order valence-corrected chi connectivity index (χ2v) is 7.82. The van der Waals surface area contributed by atoms with Crippen LogP contribution in [-0.2, 0) is 10.3 Å². The number of nitrogens with one attached hydrogen (secondary N) is 1. The fourth-order valence-corrected chi connectivity index (χ4v) is 3.03. The van der Waals surface area contributed by atoms with Crippen molar-refractivity contribution in [2.75, 3.05) is 0 Å².